The zero-order chi connectivity index (χ0) is 9.84. The van der Waals surface area contributed by atoms with E-state index in [0.717, 1.165) is 10.7 Å². The van der Waals surface area contributed by atoms with Crippen LogP contribution in [0.15, 0.2) is 5.38 Å². The van der Waals surface area contributed by atoms with E-state index in [-0.39, 0.29) is 0 Å². The molecule has 3 N–H and O–H groups in total. The molecule has 0 aliphatic heterocycles. The molecule has 0 amide bonds. The van der Waals surface area contributed by atoms with Crippen LogP contribution in [-0.4, -0.2) is 16.6 Å². The van der Waals surface area contributed by atoms with E-state index in [2.05, 4.69) is 18.8 Å². The number of aliphatic hydroxyl groups excluding tert-OH is 1. The van der Waals surface area contributed by atoms with Crippen molar-refractivity contribution in [2.75, 3.05) is 6.54 Å². The molecule has 0 unspecified atom stereocenters. The van der Waals surface area contributed by atoms with Crippen molar-refractivity contribution >= 4 is 11.3 Å². The fraction of sp³-hybridized carbons (Fsp3) is 0.667. The van der Waals surface area contributed by atoms with E-state index >= 15 is 0 Å². The molecule has 13 heavy (non-hydrogen) atoms. The zero-order valence-corrected chi connectivity index (χ0v) is 8.84. The highest BCUT2D eigenvalue weighted by atomic mass is 32.1. The van der Waals surface area contributed by atoms with Crippen LogP contribution < -0.4 is 5.73 Å². The molecule has 0 bridgehead atoms. The van der Waals surface area contributed by atoms with Crippen LogP contribution in [-0.2, 0) is 0 Å². The van der Waals surface area contributed by atoms with Crippen molar-refractivity contribution in [2.45, 2.75) is 32.3 Å². The lowest BCUT2D eigenvalue weighted by molar-refractivity contribution is 0.166. The van der Waals surface area contributed by atoms with Gasteiger partial charge in [0.15, 0.2) is 0 Å². The Bertz CT molecular complexity index is 260. The van der Waals surface area contributed by atoms with Gasteiger partial charge in [0.2, 0.25) is 0 Å². The van der Waals surface area contributed by atoms with Crippen molar-refractivity contribution in [1.82, 2.24) is 4.98 Å². The lowest BCUT2D eigenvalue weighted by Gasteiger charge is -2.04. The molecule has 1 heterocycles. The normalized spacial score (nSPS) is 13.6. The van der Waals surface area contributed by atoms with Gasteiger partial charge in [-0.15, -0.1) is 11.3 Å². The summed E-state index contributed by atoms with van der Waals surface area (Å²) in [5.41, 5.74) is 6.11. The monoisotopic (exact) mass is 200 g/mol. The first-order chi connectivity index (χ1) is 6.15. The molecule has 0 radical (unpaired) electrons. The minimum Gasteiger partial charge on any atom is -0.387 e. The number of nitrogens with two attached hydrogens (primary N) is 1. The fourth-order valence-corrected chi connectivity index (χ4v) is 1.91. The number of hydrogen-bond acceptors (Lipinski definition) is 4. The van der Waals surface area contributed by atoms with Gasteiger partial charge in [-0.05, 0) is 13.0 Å². The fourth-order valence-electron chi connectivity index (χ4n) is 1.02. The molecule has 0 aromatic carbocycles. The summed E-state index contributed by atoms with van der Waals surface area (Å²) < 4.78 is 0. The summed E-state index contributed by atoms with van der Waals surface area (Å²) in [6.07, 6.45) is 0.0927. The average Bonchev–Trinajstić information content (AvgIpc) is 2.52. The van der Waals surface area contributed by atoms with Gasteiger partial charge in [-0.25, -0.2) is 4.98 Å². The zero-order valence-electron chi connectivity index (χ0n) is 8.03. The predicted molar refractivity (Wildman–Crippen MR) is 54.8 cm³/mol. The van der Waals surface area contributed by atoms with E-state index in [1.807, 2.05) is 5.38 Å². The Labute approximate surface area is 82.6 Å². The first-order valence-electron chi connectivity index (χ1n) is 4.48. The molecule has 4 heteroatoms. The van der Waals surface area contributed by atoms with Crippen molar-refractivity contribution in [3.63, 3.8) is 0 Å². The maximum Gasteiger partial charge on any atom is 0.0980 e. The maximum absolute atomic E-state index is 9.58. The molecule has 1 atom stereocenters. The highest BCUT2D eigenvalue weighted by Gasteiger charge is 2.12. The lowest BCUT2D eigenvalue weighted by atomic mass is 10.2. The molecule has 0 aliphatic carbocycles. The Hall–Kier alpha value is -0.450. The van der Waals surface area contributed by atoms with E-state index in [9.17, 15) is 5.11 Å². The predicted octanol–water partition coefficient (Wildman–Crippen LogP) is 1.65. The lowest BCUT2D eigenvalue weighted by Crippen LogP contribution is -2.07. The summed E-state index contributed by atoms with van der Waals surface area (Å²) in [5.74, 6) is 0.434. The van der Waals surface area contributed by atoms with E-state index in [4.69, 9.17) is 5.73 Å². The second-order valence-electron chi connectivity index (χ2n) is 3.36. The molecular weight excluding hydrogens is 184 g/mol. The van der Waals surface area contributed by atoms with Crippen molar-refractivity contribution in [3.8, 4) is 0 Å². The SMILES string of the molecule is CC(C)c1nc([C@H](O)CCN)cs1. The van der Waals surface area contributed by atoms with Crippen LogP contribution in [0.1, 0.15) is 43.0 Å². The van der Waals surface area contributed by atoms with Crippen LogP contribution in [0.3, 0.4) is 0 Å². The molecule has 74 valence electrons. The largest absolute Gasteiger partial charge is 0.387 e. The van der Waals surface area contributed by atoms with Gasteiger partial charge in [0.25, 0.3) is 0 Å². The van der Waals surface area contributed by atoms with Gasteiger partial charge in [-0.1, -0.05) is 13.8 Å². The van der Waals surface area contributed by atoms with Gasteiger partial charge in [-0.2, -0.15) is 0 Å². The third-order valence-corrected chi connectivity index (χ3v) is 2.98. The van der Waals surface area contributed by atoms with Crippen LogP contribution in [0.5, 0.6) is 0 Å². The summed E-state index contributed by atoms with van der Waals surface area (Å²) in [4.78, 5) is 4.34. The van der Waals surface area contributed by atoms with Crippen LogP contribution in [0.4, 0.5) is 0 Å². The maximum atomic E-state index is 9.58. The van der Waals surface area contributed by atoms with E-state index < -0.39 is 6.10 Å². The number of aromatic nitrogens is 1. The minimum absolute atomic E-state index is 0.434. The number of rotatable bonds is 4. The highest BCUT2D eigenvalue weighted by molar-refractivity contribution is 7.09. The number of nitrogens with zero attached hydrogens (tertiary/aromatic N) is 1. The molecule has 0 fully saturated rings. The second-order valence-corrected chi connectivity index (χ2v) is 4.25. The number of hydrogen-bond donors (Lipinski definition) is 2. The number of aliphatic hydroxyl groups is 1. The standard InChI is InChI=1S/C9H16N2OS/c1-6(2)9-11-7(5-13-9)8(12)3-4-10/h5-6,8,12H,3-4,10H2,1-2H3/t8-/m1/s1. The highest BCUT2D eigenvalue weighted by Crippen LogP contribution is 2.23. The third-order valence-electron chi connectivity index (χ3n) is 1.82. The third kappa shape index (κ3) is 2.76. The topological polar surface area (TPSA) is 59.1 Å². The summed E-state index contributed by atoms with van der Waals surface area (Å²) in [6, 6.07) is 0. The first kappa shape index (κ1) is 10.6. The molecule has 3 nitrogen and oxygen atoms in total. The Balaban J connectivity index is 2.67. The van der Waals surface area contributed by atoms with E-state index in [1.54, 1.807) is 11.3 Å². The molecule has 0 saturated heterocycles. The molecule has 0 aliphatic rings. The van der Waals surface area contributed by atoms with E-state index in [0.29, 0.717) is 18.9 Å². The molecule has 0 saturated carbocycles. The smallest absolute Gasteiger partial charge is 0.0980 e. The van der Waals surface area contributed by atoms with Gasteiger partial charge in [0.05, 0.1) is 16.8 Å². The minimum atomic E-state index is -0.492. The molecule has 1 aromatic heterocycles. The van der Waals surface area contributed by atoms with Gasteiger partial charge in [0.1, 0.15) is 0 Å². The van der Waals surface area contributed by atoms with Crippen molar-refractivity contribution < 1.29 is 5.11 Å². The van der Waals surface area contributed by atoms with Crippen LogP contribution in [0, 0.1) is 0 Å². The van der Waals surface area contributed by atoms with Gasteiger partial charge >= 0.3 is 0 Å². The van der Waals surface area contributed by atoms with Crippen LogP contribution in [0.2, 0.25) is 0 Å². The average molecular weight is 200 g/mol. The molecule has 1 aromatic rings. The van der Waals surface area contributed by atoms with Crippen molar-refractivity contribution in [3.05, 3.63) is 16.1 Å². The Morgan fingerprint density at radius 2 is 2.31 bits per heavy atom. The van der Waals surface area contributed by atoms with E-state index in [1.165, 1.54) is 0 Å². The Morgan fingerprint density at radius 3 is 2.77 bits per heavy atom. The van der Waals surface area contributed by atoms with Crippen molar-refractivity contribution in [2.24, 2.45) is 5.73 Å². The number of thiazole rings is 1. The Morgan fingerprint density at radius 1 is 1.62 bits per heavy atom. The second kappa shape index (κ2) is 4.69. The summed E-state index contributed by atoms with van der Waals surface area (Å²) >= 11 is 1.60. The molecule has 0 spiro atoms. The van der Waals surface area contributed by atoms with Gasteiger partial charge in [-0.3, -0.25) is 0 Å². The summed E-state index contributed by atoms with van der Waals surface area (Å²) in [6.45, 7) is 4.69. The summed E-state index contributed by atoms with van der Waals surface area (Å²) in [7, 11) is 0. The van der Waals surface area contributed by atoms with Crippen molar-refractivity contribution in [1.29, 1.82) is 0 Å². The van der Waals surface area contributed by atoms with Crippen LogP contribution in [0.25, 0.3) is 0 Å². The summed E-state index contributed by atoms with van der Waals surface area (Å²) in [5, 5.41) is 12.6. The van der Waals surface area contributed by atoms with Gasteiger partial charge < -0.3 is 10.8 Å². The quantitative estimate of drug-likeness (QED) is 0.777. The first-order valence-corrected chi connectivity index (χ1v) is 5.36. The van der Waals surface area contributed by atoms with Gasteiger partial charge in [0, 0.05) is 11.3 Å². The van der Waals surface area contributed by atoms with Crippen LogP contribution >= 0.6 is 11.3 Å². The molecule has 1 rings (SSSR count). The molecular formula is C9H16N2OS. The Kier molecular flexibility index (Phi) is 3.84.